The van der Waals surface area contributed by atoms with Gasteiger partial charge < -0.3 is 5.11 Å². The van der Waals surface area contributed by atoms with Gasteiger partial charge in [0.25, 0.3) is 0 Å². The van der Waals surface area contributed by atoms with Crippen molar-refractivity contribution in [2.24, 2.45) is 0 Å². The van der Waals surface area contributed by atoms with Crippen LogP contribution < -0.4 is 0 Å². The topological polar surface area (TPSA) is 63.8 Å². The number of benzene rings is 4. The van der Waals surface area contributed by atoms with E-state index in [1.807, 2.05) is 24.4 Å². The lowest BCUT2D eigenvalue weighted by Crippen LogP contribution is -2.14. The highest BCUT2D eigenvalue weighted by Crippen LogP contribution is 2.41. The number of phenols is 1. The molecule has 7 rings (SSSR count). The molecule has 1 N–H and O–H groups in total. The van der Waals surface area contributed by atoms with Crippen molar-refractivity contribution >= 4 is 22.1 Å². The third-order valence-corrected chi connectivity index (χ3v) is 9.59. The second kappa shape index (κ2) is 11.9. The van der Waals surface area contributed by atoms with Crippen LogP contribution in [0.15, 0.2) is 109 Å². The second-order valence-electron chi connectivity index (χ2n) is 16.5. The number of imidazole rings is 1. The van der Waals surface area contributed by atoms with Crippen molar-refractivity contribution in [3.8, 4) is 45.1 Å². The molecule has 0 fully saturated rings. The van der Waals surface area contributed by atoms with Gasteiger partial charge in [0.05, 0.1) is 22.1 Å². The molecule has 0 aliphatic heterocycles. The molecule has 252 valence electrons. The molecule has 0 amide bonds. The lowest BCUT2D eigenvalue weighted by atomic mass is 9.85. The zero-order chi connectivity index (χ0) is 35.6. The van der Waals surface area contributed by atoms with E-state index in [1.165, 1.54) is 5.56 Å². The van der Waals surface area contributed by atoms with Crippen LogP contribution in [0.25, 0.3) is 61.4 Å². The van der Waals surface area contributed by atoms with Crippen molar-refractivity contribution in [1.82, 2.24) is 19.5 Å². The summed E-state index contributed by atoms with van der Waals surface area (Å²) in [4.78, 5) is 15.2. The number of hydrogen-bond acceptors (Lipinski definition) is 4. The number of aromatic nitrogens is 4. The maximum Gasteiger partial charge on any atom is 0.145 e. The van der Waals surface area contributed by atoms with Crippen molar-refractivity contribution < 1.29 is 5.11 Å². The van der Waals surface area contributed by atoms with E-state index in [9.17, 15) is 5.11 Å². The Bertz CT molecular complexity index is 2380. The molecule has 5 nitrogen and oxygen atoms in total. The maximum atomic E-state index is 11.2. The van der Waals surface area contributed by atoms with Gasteiger partial charge in [-0.2, -0.15) is 0 Å². The summed E-state index contributed by atoms with van der Waals surface area (Å²) in [6.07, 6.45) is 1.83. The molecule has 0 radical (unpaired) electrons. The molecule has 4 aromatic carbocycles. The molecule has 3 heterocycles. The molecule has 7 aromatic rings. The monoisotopic (exact) mass is 658 g/mol. The van der Waals surface area contributed by atoms with E-state index in [2.05, 4.69) is 146 Å². The van der Waals surface area contributed by atoms with Crippen molar-refractivity contribution in [1.29, 1.82) is 0 Å². The van der Waals surface area contributed by atoms with Crippen LogP contribution >= 0.6 is 0 Å². The predicted octanol–water partition coefficient (Wildman–Crippen LogP) is 11.6. The molecule has 0 aliphatic carbocycles. The van der Waals surface area contributed by atoms with E-state index in [0.29, 0.717) is 0 Å². The van der Waals surface area contributed by atoms with Crippen LogP contribution in [0.1, 0.15) is 79.1 Å². The summed E-state index contributed by atoms with van der Waals surface area (Å²) in [7, 11) is 0. The highest BCUT2D eigenvalue weighted by atomic mass is 16.3. The zero-order valence-corrected chi connectivity index (χ0v) is 30.6. The van der Waals surface area contributed by atoms with Crippen LogP contribution in [0, 0.1) is 0 Å². The van der Waals surface area contributed by atoms with Crippen LogP contribution in [-0.2, 0) is 16.2 Å². The summed E-state index contributed by atoms with van der Waals surface area (Å²) >= 11 is 0. The molecule has 5 heteroatoms. The summed E-state index contributed by atoms with van der Waals surface area (Å²) < 4.78 is 2.25. The Morgan fingerprint density at radius 2 is 1.22 bits per heavy atom. The SMILES string of the molecule is CC(C)(C)c1ccc(-n2c(-c3cccc(-c4cc(C(C)(C)C)nc5cccnc45)c3)nc3c(-c4cc(C(C)(C)C)ccc4O)cccc32)cc1. The number of rotatable bonds is 4. The lowest BCUT2D eigenvalue weighted by Gasteiger charge is -2.20. The summed E-state index contributed by atoms with van der Waals surface area (Å²) in [6, 6.07) is 35.7. The molecule has 0 unspecified atom stereocenters. The molecule has 0 saturated carbocycles. The molecule has 0 atom stereocenters. The average molecular weight is 659 g/mol. The van der Waals surface area contributed by atoms with E-state index in [4.69, 9.17) is 15.0 Å². The first kappa shape index (κ1) is 33.2. The zero-order valence-electron chi connectivity index (χ0n) is 30.6. The Hall–Kier alpha value is -5.29. The standard InChI is InChI=1S/C45H46N4O/c1-43(2,3)30-18-21-32(22-19-30)49-37-17-11-15-33(35-26-31(44(4,5)6)20-23-38(35)50)41(37)48-42(49)29-14-10-13-28(25-29)34-27-39(45(7,8)9)47-36-16-12-24-46-40(34)36/h10-27,50H,1-9H3. The van der Waals surface area contributed by atoms with Gasteiger partial charge in [-0.15, -0.1) is 0 Å². The lowest BCUT2D eigenvalue weighted by molar-refractivity contribution is 0.476. The predicted molar refractivity (Wildman–Crippen MR) is 208 cm³/mol. The number of pyridine rings is 2. The average Bonchev–Trinajstić information content (AvgIpc) is 3.47. The fraction of sp³-hybridized carbons (Fsp3) is 0.267. The molecule has 50 heavy (non-hydrogen) atoms. The smallest absolute Gasteiger partial charge is 0.145 e. The Morgan fingerprint density at radius 3 is 1.92 bits per heavy atom. The van der Waals surface area contributed by atoms with E-state index in [1.54, 1.807) is 6.07 Å². The fourth-order valence-electron chi connectivity index (χ4n) is 6.59. The van der Waals surface area contributed by atoms with Gasteiger partial charge in [-0.25, -0.2) is 4.98 Å². The number of para-hydroxylation sites is 1. The van der Waals surface area contributed by atoms with Gasteiger partial charge in [0.2, 0.25) is 0 Å². The third-order valence-electron chi connectivity index (χ3n) is 9.59. The summed E-state index contributed by atoms with van der Waals surface area (Å²) in [5, 5.41) is 11.2. The Balaban J connectivity index is 1.49. The first-order chi connectivity index (χ1) is 23.6. The number of hydrogen-bond donors (Lipinski definition) is 1. The van der Waals surface area contributed by atoms with Crippen molar-refractivity contribution in [2.45, 2.75) is 78.6 Å². The normalized spacial score (nSPS) is 12.6. The van der Waals surface area contributed by atoms with Gasteiger partial charge in [0.1, 0.15) is 11.6 Å². The Kier molecular flexibility index (Phi) is 7.93. The molecular formula is C45H46N4O. The van der Waals surface area contributed by atoms with Crippen molar-refractivity contribution in [2.75, 3.05) is 0 Å². The summed E-state index contributed by atoms with van der Waals surface area (Å²) in [5.41, 5.74) is 12.6. The number of fused-ring (bicyclic) bond motifs is 2. The van der Waals surface area contributed by atoms with Gasteiger partial charge in [-0.05, 0) is 82.1 Å². The summed E-state index contributed by atoms with van der Waals surface area (Å²) in [6.45, 7) is 19.9. The maximum absolute atomic E-state index is 11.2. The van der Waals surface area contributed by atoms with Gasteiger partial charge in [-0.3, -0.25) is 14.5 Å². The molecule has 0 spiro atoms. The summed E-state index contributed by atoms with van der Waals surface area (Å²) in [5.74, 6) is 1.07. The third kappa shape index (κ3) is 6.06. The van der Waals surface area contributed by atoms with E-state index >= 15 is 0 Å². The minimum absolute atomic E-state index is 0.0305. The molecular weight excluding hydrogens is 613 g/mol. The highest BCUT2D eigenvalue weighted by molar-refractivity contribution is 5.98. The number of phenolic OH excluding ortho intramolecular Hbond substituents is 1. The first-order valence-corrected chi connectivity index (χ1v) is 17.4. The first-order valence-electron chi connectivity index (χ1n) is 17.4. The molecule has 0 bridgehead atoms. The largest absolute Gasteiger partial charge is 0.507 e. The quantitative estimate of drug-likeness (QED) is 0.204. The van der Waals surface area contributed by atoms with E-state index in [0.717, 1.165) is 72.7 Å². The number of nitrogens with zero attached hydrogens (tertiary/aromatic N) is 4. The van der Waals surface area contributed by atoms with E-state index < -0.39 is 0 Å². The minimum Gasteiger partial charge on any atom is -0.507 e. The molecule has 0 saturated heterocycles. The number of aromatic hydroxyl groups is 1. The van der Waals surface area contributed by atoms with Crippen LogP contribution in [0.3, 0.4) is 0 Å². The Morgan fingerprint density at radius 1 is 0.540 bits per heavy atom. The van der Waals surface area contributed by atoms with Crippen molar-refractivity contribution in [3.63, 3.8) is 0 Å². The van der Waals surface area contributed by atoms with E-state index in [-0.39, 0.29) is 22.0 Å². The van der Waals surface area contributed by atoms with Gasteiger partial charge >= 0.3 is 0 Å². The van der Waals surface area contributed by atoms with Crippen molar-refractivity contribution in [3.05, 3.63) is 126 Å². The fourth-order valence-corrected chi connectivity index (χ4v) is 6.59. The Labute approximate surface area is 295 Å². The van der Waals surface area contributed by atoms with Gasteiger partial charge in [-0.1, -0.05) is 111 Å². The minimum atomic E-state index is -0.129. The van der Waals surface area contributed by atoms with Gasteiger partial charge in [0, 0.05) is 45.2 Å². The van der Waals surface area contributed by atoms with Crippen LogP contribution in [-0.4, -0.2) is 24.6 Å². The molecule has 3 aromatic heterocycles. The highest BCUT2D eigenvalue weighted by Gasteiger charge is 2.23. The van der Waals surface area contributed by atoms with Crippen LogP contribution in [0.4, 0.5) is 0 Å². The van der Waals surface area contributed by atoms with Crippen LogP contribution in [0.2, 0.25) is 0 Å². The van der Waals surface area contributed by atoms with Gasteiger partial charge in [0.15, 0.2) is 0 Å². The molecule has 0 aliphatic rings. The van der Waals surface area contributed by atoms with Crippen LogP contribution in [0.5, 0.6) is 5.75 Å². The second-order valence-corrected chi connectivity index (χ2v) is 16.5.